The lowest BCUT2D eigenvalue weighted by atomic mass is 9.80. The van der Waals surface area contributed by atoms with Crippen molar-refractivity contribution in [3.63, 3.8) is 0 Å². The smallest absolute Gasteiger partial charge is 0.308 e. The van der Waals surface area contributed by atoms with Crippen LogP contribution < -0.4 is 0 Å². The average molecular weight is 459 g/mol. The van der Waals surface area contributed by atoms with Gasteiger partial charge in [-0.3, -0.25) is 9.59 Å². The Hall–Kier alpha value is -2.21. The fourth-order valence-corrected chi connectivity index (χ4v) is 4.44. The zero-order valence-electron chi connectivity index (χ0n) is 18.6. The lowest BCUT2D eigenvalue weighted by molar-refractivity contribution is -0.384. The van der Waals surface area contributed by atoms with Crippen molar-refractivity contribution in [1.82, 2.24) is 0 Å². The number of unbranched alkanes of at least 4 members (excludes halogenated alkanes) is 8. The third-order valence-electron chi connectivity index (χ3n) is 5.98. The summed E-state index contributed by atoms with van der Waals surface area (Å²) < 4.78 is 5.73. The molecule has 0 radical (unpaired) electrons. The van der Waals surface area contributed by atoms with Crippen LogP contribution in [0, 0.1) is 0 Å². The molecule has 0 heterocycles. The minimum Gasteiger partial charge on any atom is -0.421 e. The molecule has 2 aromatic rings. The van der Waals surface area contributed by atoms with Crippen molar-refractivity contribution in [1.29, 1.82) is 0 Å². The summed E-state index contributed by atoms with van der Waals surface area (Å²) in [4.78, 5) is 30.5. The first-order valence-electron chi connectivity index (χ1n) is 11.5. The molecule has 0 saturated carbocycles. The molecular weight excluding hydrogens is 428 g/mol. The van der Waals surface area contributed by atoms with E-state index in [1.807, 2.05) is 0 Å². The SMILES string of the molecule is CCCCCCCCCCCC(=O)OC1(OO)c2ccccc2C(=O)c2cc(Cl)ccc21. The van der Waals surface area contributed by atoms with E-state index < -0.39 is 11.8 Å². The molecule has 2 aromatic carbocycles. The van der Waals surface area contributed by atoms with E-state index in [4.69, 9.17) is 21.2 Å². The minimum atomic E-state index is -1.90. The highest BCUT2D eigenvalue weighted by atomic mass is 35.5. The first kappa shape index (κ1) is 24.4. The molecule has 6 heteroatoms. The third kappa shape index (κ3) is 5.40. The number of ether oxygens (including phenoxy) is 1. The first-order chi connectivity index (χ1) is 15.5. The Morgan fingerprint density at radius 2 is 1.53 bits per heavy atom. The number of hydrogen-bond donors (Lipinski definition) is 1. The fraction of sp³-hybridized carbons (Fsp3) is 0.462. The van der Waals surface area contributed by atoms with Gasteiger partial charge in [-0.2, -0.15) is 4.89 Å². The van der Waals surface area contributed by atoms with Crippen LogP contribution in [-0.4, -0.2) is 17.0 Å². The van der Waals surface area contributed by atoms with Gasteiger partial charge in [0.1, 0.15) is 0 Å². The summed E-state index contributed by atoms with van der Waals surface area (Å²) in [6, 6.07) is 11.3. The molecule has 1 atom stereocenters. The number of benzene rings is 2. The van der Waals surface area contributed by atoms with E-state index in [1.165, 1.54) is 44.6 Å². The number of carbonyl (C=O) groups is 2. The normalized spacial score (nSPS) is 17.0. The minimum absolute atomic E-state index is 0.208. The maximum atomic E-state index is 13.0. The molecule has 3 rings (SSSR count). The van der Waals surface area contributed by atoms with Crippen LogP contribution >= 0.6 is 11.6 Å². The van der Waals surface area contributed by atoms with Crippen molar-refractivity contribution in [2.45, 2.75) is 76.9 Å². The lowest BCUT2D eigenvalue weighted by Crippen LogP contribution is -2.41. The molecule has 0 fully saturated rings. The van der Waals surface area contributed by atoms with E-state index in [2.05, 4.69) is 6.92 Å². The van der Waals surface area contributed by atoms with E-state index in [1.54, 1.807) is 36.4 Å². The molecule has 0 bridgehead atoms. The number of halogens is 1. The summed E-state index contributed by atoms with van der Waals surface area (Å²) in [6.07, 6.45) is 10.4. The van der Waals surface area contributed by atoms with Gasteiger partial charge in [-0.05, 0) is 24.6 Å². The summed E-state index contributed by atoms with van der Waals surface area (Å²) in [5.74, 6) is -2.66. The number of ketones is 1. The second kappa shape index (κ2) is 11.6. The number of esters is 1. The average Bonchev–Trinajstić information content (AvgIpc) is 2.80. The largest absolute Gasteiger partial charge is 0.421 e. The van der Waals surface area contributed by atoms with Gasteiger partial charge in [-0.25, -0.2) is 5.26 Å². The number of hydrogen-bond acceptors (Lipinski definition) is 5. The van der Waals surface area contributed by atoms with Gasteiger partial charge in [0.25, 0.3) is 5.79 Å². The van der Waals surface area contributed by atoms with Gasteiger partial charge in [0.2, 0.25) is 0 Å². The van der Waals surface area contributed by atoms with E-state index in [0.717, 1.165) is 12.8 Å². The summed E-state index contributed by atoms with van der Waals surface area (Å²) >= 11 is 6.09. The van der Waals surface area contributed by atoms with Crippen LogP contribution in [0.3, 0.4) is 0 Å². The van der Waals surface area contributed by atoms with Gasteiger partial charge in [0.05, 0.1) is 0 Å². The maximum absolute atomic E-state index is 13.0. The lowest BCUT2D eigenvalue weighted by Gasteiger charge is -2.36. The Bertz CT molecular complexity index is 942. The zero-order valence-corrected chi connectivity index (χ0v) is 19.3. The van der Waals surface area contributed by atoms with Crippen LogP contribution in [0.2, 0.25) is 5.02 Å². The molecule has 0 saturated heterocycles. The molecule has 0 spiro atoms. The summed E-state index contributed by atoms with van der Waals surface area (Å²) in [7, 11) is 0. The van der Waals surface area contributed by atoms with Crippen LogP contribution in [0.15, 0.2) is 42.5 Å². The standard InChI is InChI=1S/C26H31ClO5/c1-2-3-4-5-6-7-8-9-10-15-24(28)31-26(32-30)22-14-12-11-13-20(22)25(29)21-18-19(27)16-17-23(21)26/h11-14,16-18,30H,2-10,15H2,1H3. The Kier molecular flexibility index (Phi) is 8.85. The molecule has 32 heavy (non-hydrogen) atoms. The molecule has 0 amide bonds. The number of fused-ring (bicyclic) bond motifs is 2. The Labute approximate surface area is 194 Å². The second-order valence-corrected chi connectivity index (χ2v) is 8.76. The fourth-order valence-electron chi connectivity index (χ4n) is 4.27. The highest BCUT2D eigenvalue weighted by Crippen LogP contribution is 2.44. The van der Waals surface area contributed by atoms with E-state index in [-0.39, 0.29) is 23.3 Å². The molecular formula is C26H31ClO5. The van der Waals surface area contributed by atoms with Crippen molar-refractivity contribution in [2.24, 2.45) is 0 Å². The van der Waals surface area contributed by atoms with E-state index in [9.17, 15) is 14.8 Å². The Morgan fingerprint density at radius 1 is 0.906 bits per heavy atom. The highest BCUT2D eigenvalue weighted by molar-refractivity contribution is 6.31. The zero-order chi connectivity index (χ0) is 23.0. The quantitative estimate of drug-likeness (QED) is 0.121. The summed E-state index contributed by atoms with van der Waals surface area (Å²) in [5.41, 5.74) is 1.09. The summed E-state index contributed by atoms with van der Waals surface area (Å²) in [6.45, 7) is 2.21. The number of carbonyl (C=O) groups excluding carboxylic acids is 2. The second-order valence-electron chi connectivity index (χ2n) is 8.32. The van der Waals surface area contributed by atoms with Gasteiger partial charge < -0.3 is 4.74 Å². The van der Waals surface area contributed by atoms with E-state index >= 15 is 0 Å². The van der Waals surface area contributed by atoms with Gasteiger partial charge >= 0.3 is 5.97 Å². The van der Waals surface area contributed by atoms with Gasteiger partial charge in [0.15, 0.2) is 5.78 Å². The summed E-state index contributed by atoms with van der Waals surface area (Å²) in [5, 5.41) is 10.3. The molecule has 5 nitrogen and oxygen atoms in total. The van der Waals surface area contributed by atoms with E-state index in [0.29, 0.717) is 22.6 Å². The monoisotopic (exact) mass is 458 g/mol. The Balaban J connectivity index is 1.67. The molecule has 1 aliphatic rings. The van der Waals surface area contributed by atoms with Crippen LogP contribution in [0.5, 0.6) is 0 Å². The first-order valence-corrected chi connectivity index (χ1v) is 11.9. The third-order valence-corrected chi connectivity index (χ3v) is 6.21. The van der Waals surface area contributed by atoms with Crippen LogP contribution in [0.4, 0.5) is 0 Å². The van der Waals surface area contributed by atoms with Gasteiger partial charge in [-0.15, -0.1) is 0 Å². The molecule has 172 valence electrons. The molecule has 1 aliphatic carbocycles. The van der Waals surface area contributed by atoms with Crippen LogP contribution in [0.1, 0.15) is 98.2 Å². The molecule has 0 aliphatic heterocycles. The predicted octanol–water partition coefficient (Wildman–Crippen LogP) is 7.04. The van der Waals surface area contributed by atoms with Gasteiger partial charge in [0, 0.05) is 33.7 Å². The van der Waals surface area contributed by atoms with Crippen LogP contribution in [-0.2, 0) is 20.2 Å². The Morgan fingerprint density at radius 3 is 2.22 bits per heavy atom. The molecule has 0 aromatic heterocycles. The van der Waals surface area contributed by atoms with Crippen molar-refractivity contribution in [3.8, 4) is 0 Å². The number of rotatable bonds is 12. The van der Waals surface area contributed by atoms with Crippen LogP contribution in [0.25, 0.3) is 0 Å². The van der Waals surface area contributed by atoms with Crippen molar-refractivity contribution in [2.75, 3.05) is 0 Å². The van der Waals surface area contributed by atoms with Crippen molar-refractivity contribution in [3.05, 3.63) is 69.7 Å². The predicted molar refractivity (Wildman–Crippen MR) is 124 cm³/mol. The molecule has 1 N–H and O–H groups in total. The molecule has 1 unspecified atom stereocenters. The van der Waals surface area contributed by atoms with Crippen molar-refractivity contribution < 1.29 is 24.5 Å². The highest BCUT2D eigenvalue weighted by Gasteiger charge is 2.49. The van der Waals surface area contributed by atoms with Crippen molar-refractivity contribution >= 4 is 23.4 Å². The van der Waals surface area contributed by atoms with Gasteiger partial charge in [-0.1, -0.05) is 94.2 Å². The maximum Gasteiger partial charge on any atom is 0.308 e. The topological polar surface area (TPSA) is 72.8 Å².